The van der Waals surface area contributed by atoms with E-state index in [9.17, 15) is 13.2 Å². The summed E-state index contributed by atoms with van der Waals surface area (Å²) in [5.41, 5.74) is 0.520. The van der Waals surface area contributed by atoms with E-state index in [1.165, 1.54) is 6.07 Å². The number of nitrogens with one attached hydrogen (secondary N) is 2. The molecule has 0 aromatic heterocycles. The van der Waals surface area contributed by atoms with E-state index >= 15 is 0 Å². The van der Waals surface area contributed by atoms with Crippen LogP contribution < -0.4 is 10.0 Å². The van der Waals surface area contributed by atoms with Crippen molar-refractivity contribution in [2.45, 2.75) is 24.3 Å². The number of nitrogens with zero attached hydrogens (tertiary/aromatic N) is 2. The van der Waals surface area contributed by atoms with Gasteiger partial charge in [-0.2, -0.15) is 0 Å². The zero-order valence-corrected chi connectivity index (χ0v) is 14.6. The van der Waals surface area contributed by atoms with E-state index in [2.05, 4.69) is 15.0 Å². The third kappa shape index (κ3) is 3.16. The molecular weight excluding hydrogens is 328 g/mol. The lowest BCUT2D eigenvalue weighted by Crippen LogP contribution is -2.37. The first-order valence-electron chi connectivity index (χ1n) is 8.06. The van der Waals surface area contributed by atoms with E-state index in [0.717, 1.165) is 26.1 Å². The number of carbonyl (C=O) groups is 1. The van der Waals surface area contributed by atoms with Gasteiger partial charge in [0.15, 0.2) is 0 Å². The number of amides is 1. The fourth-order valence-corrected chi connectivity index (χ4v) is 4.47. The number of fused-ring (bicyclic) bond motifs is 1. The van der Waals surface area contributed by atoms with Crippen molar-refractivity contribution < 1.29 is 13.2 Å². The average molecular weight is 350 g/mol. The van der Waals surface area contributed by atoms with Crippen molar-refractivity contribution in [1.82, 2.24) is 14.9 Å². The van der Waals surface area contributed by atoms with Gasteiger partial charge in [-0.3, -0.25) is 14.5 Å². The molecule has 3 rings (SSSR count). The quantitative estimate of drug-likeness (QED) is 0.811. The zero-order chi connectivity index (χ0) is 17.3. The maximum absolute atomic E-state index is 12.6. The molecule has 2 aliphatic rings. The highest BCUT2D eigenvalue weighted by molar-refractivity contribution is 7.90. The second-order valence-electron chi connectivity index (χ2n) is 6.25. The fraction of sp³-hybridized carbons (Fsp3) is 0.500. The van der Waals surface area contributed by atoms with Crippen LogP contribution in [-0.2, 0) is 14.8 Å². The topological polar surface area (TPSA) is 90.9 Å². The summed E-state index contributed by atoms with van der Waals surface area (Å²) in [4.78, 5) is 18.9. The number of aliphatic imine (C=N–C) groups is 1. The number of benzene rings is 1. The molecule has 1 amide bonds. The lowest BCUT2D eigenvalue weighted by molar-refractivity contribution is -0.131. The second-order valence-corrected chi connectivity index (χ2v) is 7.90. The Morgan fingerprint density at radius 1 is 1.46 bits per heavy atom. The molecule has 8 heteroatoms. The van der Waals surface area contributed by atoms with E-state index in [0.29, 0.717) is 11.5 Å². The molecule has 0 aliphatic carbocycles. The molecule has 1 fully saturated rings. The molecule has 1 aromatic rings. The van der Waals surface area contributed by atoms with E-state index in [4.69, 9.17) is 0 Å². The number of rotatable bonds is 4. The first-order chi connectivity index (χ1) is 11.4. The van der Waals surface area contributed by atoms with Crippen LogP contribution in [0.4, 0.5) is 0 Å². The fourth-order valence-electron chi connectivity index (χ4n) is 3.23. The van der Waals surface area contributed by atoms with Crippen LogP contribution in [0.25, 0.3) is 0 Å². The Morgan fingerprint density at radius 3 is 2.96 bits per heavy atom. The molecule has 1 aromatic carbocycles. The van der Waals surface area contributed by atoms with Crippen LogP contribution in [0.15, 0.2) is 34.2 Å². The van der Waals surface area contributed by atoms with Crippen molar-refractivity contribution in [1.29, 1.82) is 0 Å². The van der Waals surface area contributed by atoms with Gasteiger partial charge in [-0.25, -0.2) is 8.42 Å². The Kier molecular flexibility index (Phi) is 4.60. The van der Waals surface area contributed by atoms with Crippen molar-refractivity contribution in [3.05, 3.63) is 29.8 Å². The smallest absolute Gasteiger partial charge is 0.263 e. The molecule has 2 heterocycles. The van der Waals surface area contributed by atoms with E-state index in [-0.39, 0.29) is 16.6 Å². The summed E-state index contributed by atoms with van der Waals surface area (Å²) in [5.74, 6) is 0.645. The average Bonchev–Trinajstić information content (AvgIpc) is 3.11. The first kappa shape index (κ1) is 16.9. The van der Waals surface area contributed by atoms with Crippen molar-refractivity contribution >= 4 is 21.8 Å². The maximum Gasteiger partial charge on any atom is 0.263 e. The molecule has 1 saturated heterocycles. The second kappa shape index (κ2) is 6.52. The molecule has 0 saturated carbocycles. The molecular formula is C16H22N4O3S. The number of sulfonamides is 1. The van der Waals surface area contributed by atoms with Gasteiger partial charge in [-0.15, -0.1) is 0 Å². The van der Waals surface area contributed by atoms with Crippen molar-refractivity contribution in [2.24, 2.45) is 10.9 Å². The third-order valence-electron chi connectivity index (χ3n) is 4.43. The molecule has 0 radical (unpaired) electrons. The normalized spacial score (nSPS) is 24.7. The minimum Gasteiger partial charge on any atom is -0.341 e. The number of amidine groups is 1. The molecule has 2 unspecified atom stereocenters. The zero-order valence-electron chi connectivity index (χ0n) is 13.8. The SMILES string of the molecule is CNCC1CCN(C(=O)C(C)N=C2NS(=O)(=O)c3ccccc32)C1. The largest absolute Gasteiger partial charge is 0.341 e. The lowest BCUT2D eigenvalue weighted by Gasteiger charge is -2.19. The lowest BCUT2D eigenvalue weighted by atomic mass is 10.1. The summed E-state index contributed by atoms with van der Waals surface area (Å²) in [6.07, 6.45) is 0.978. The van der Waals surface area contributed by atoms with Gasteiger partial charge in [0.05, 0.1) is 4.90 Å². The van der Waals surface area contributed by atoms with Crippen LogP contribution in [0.1, 0.15) is 18.9 Å². The number of carbonyl (C=O) groups excluding carboxylic acids is 1. The van der Waals surface area contributed by atoms with Gasteiger partial charge >= 0.3 is 0 Å². The van der Waals surface area contributed by atoms with Gasteiger partial charge in [0, 0.05) is 18.7 Å². The Bertz CT molecular complexity index is 775. The predicted molar refractivity (Wildman–Crippen MR) is 91.4 cm³/mol. The van der Waals surface area contributed by atoms with Gasteiger partial charge in [0.2, 0.25) is 5.91 Å². The Morgan fingerprint density at radius 2 is 2.21 bits per heavy atom. The number of hydrogen-bond acceptors (Lipinski definition) is 5. The Labute approximate surface area is 142 Å². The molecule has 7 nitrogen and oxygen atoms in total. The predicted octanol–water partition coefficient (Wildman–Crippen LogP) is 0.182. The minimum absolute atomic E-state index is 0.0651. The molecule has 0 spiro atoms. The molecule has 2 atom stereocenters. The summed E-state index contributed by atoms with van der Waals surface area (Å²) < 4.78 is 26.6. The van der Waals surface area contributed by atoms with E-state index < -0.39 is 16.1 Å². The third-order valence-corrected chi connectivity index (χ3v) is 5.83. The van der Waals surface area contributed by atoms with Crippen LogP contribution in [0, 0.1) is 5.92 Å². The van der Waals surface area contributed by atoms with E-state index in [1.54, 1.807) is 25.1 Å². The van der Waals surface area contributed by atoms with Gasteiger partial charge in [0.1, 0.15) is 11.9 Å². The Hall–Kier alpha value is -1.93. The van der Waals surface area contributed by atoms with Crippen molar-refractivity contribution in [2.75, 3.05) is 26.7 Å². The highest BCUT2D eigenvalue weighted by Gasteiger charge is 2.33. The standard InChI is InChI=1S/C16H22N4O3S/c1-11(16(21)20-8-7-12(10-20)9-17-2)18-15-13-5-3-4-6-14(13)24(22,23)19-15/h3-6,11-12,17H,7-10H2,1-2H3,(H,18,19). The summed E-state index contributed by atoms with van der Waals surface area (Å²) in [7, 11) is -1.67. The van der Waals surface area contributed by atoms with Gasteiger partial charge in [-0.05, 0) is 45.0 Å². The Balaban J connectivity index is 1.76. The number of hydrogen-bond donors (Lipinski definition) is 2. The van der Waals surface area contributed by atoms with Crippen LogP contribution in [-0.4, -0.2) is 57.8 Å². The summed E-state index contributed by atoms with van der Waals surface area (Å²) >= 11 is 0. The molecule has 130 valence electrons. The first-order valence-corrected chi connectivity index (χ1v) is 9.54. The molecule has 0 bridgehead atoms. The number of likely N-dealkylation sites (tertiary alicyclic amines) is 1. The van der Waals surface area contributed by atoms with Crippen LogP contribution >= 0.6 is 0 Å². The molecule has 2 N–H and O–H groups in total. The summed E-state index contributed by atoms with van der Waals surface area (Å²) in [5, 5.41) is 3.13. The molecule has 24 heavy (non-hydrogen) atoms. The van der Waals surface area contributed by atoms with Crippen molar-refractivity contribution in [3.8, 4) is 0 Å². The van der Waals surface area contributed by atoms with Crippen LogP contribution in [0.2, 0.25) is 0 Å². The van der Waals surface area contributed by atoms with Crippen molar-refractivity contribution in [3.63, 3.8) is 0 Å². The maximum atomic E-state index is 12.6. The van der Waals surface area contributed by atoms with E-state index in [1.807, 2.05) is 11.9 Å². The highest BCUT2D eigenvalue weighted by Crippen LogP contribution is 2.23. The van der Waals surface area contributed by atoms with Crippen LogP contribution in [0.3, 0.4) is 0 Å². The minimum atomic E-state index is -3.58. The van der Waals surface area contributed by atoms with Crippen LogP contribution in [0.5, 0.6) is 0 Å². The van der Waals surface area contributed by atoms with Gasteiger partial charge < -0.3 is 10.2 Å². The monoisotopic (exact) mass is 350 g/mol. The molecule has 2 aliphatic heterocycles. The summed E-state index contributed by atoms with van der Waals surface area (Å²) in [6, 6.07) is 6.03. The summed E-state index contributed by atoms with van der Waals surface area (Å²) in [6.45, 7) is 4.04. The highest BCUT2D eigenvalue weighted by atomic mass is 32.2. The van der Waals surface area contributed by atoms with Gasteiger partial charge in [-0.1, -0.05) is 12.1 Å². The van der Waals surface area contributed by atoms with Gasteiger partial charge in [0.25, 0.3) is 10.0 Å².